The number of hydrogen-bond acceptors (Lipinski definition) is 9. The lowest BCUT2D eigenvalue weighted by molar-refractivity contribution is 0.936. The number of aromatic nitrogens is 5. The van der Waals surface area contributed by atoms with Crippen LogP contribution in [0.4, 0.5) is 29.1 Å². The van der Waals surface area contributed by atoms with Crippen LogP contribution in [-0.4, -0.2) is 37.9 Å². The normalized spacial score (nSPS) is 12.9. The number of rotatable bonds is 3. The topological polar surface area (TPSA) is 104 Å². The fourth-order valence-corrected chi connectivity index (χ4v) is 2.44. The average Bonchev–Trinajstić information content (AvgIpc) is 2.67. The minimum atomic E-state index is 0.301. The fourth-order valence-electron chi connectivity index (χ4n) is 2.44. The molecule has 0 bridgehead atoms. The van der Waals surface area contributed by atoms with Gasteiger partial charge in [0.05, 0.1) is 17.1 Å². The first-order valence-corrected chi connectivity index (χ1v) is 7.64. The van der Waals surface area contributed by atoms with Crippen molar-refractivity contribution in [1.29, 1.82) is 0 Å². The summed E-state index contributed by atoms with van der Waals surface area (Å²) in [6.45, 7) is 1.86. The van der Waals surface area contributed by atoms with Crippen molar-refractivity contribution in [3.05, 3.63) is 48.4 Å². The molecule has 0 atom stereocenters. The number of fused-ring (bicyclic) bond motifs is 2. The molecule has 0 radical (unpaired) electrons. The minimum Gasteiger partial charge on any atom is -0.323 e. The lowest BCUT2D eigenvalue weighted by Gasteiger charge is -2.27. The SMILES string of the molecule is CC(=NNc1nnc2c(n1)N(C)c1cccnc1N2)c1ccccn1. The van der Waals surface area contributed by atoms with Crippen molar-refractivity contribution in [3.8, 4) is 0 Å². The highest BCUT2D eigenvalue weighted by Crippen LogP contribution is 2.38. The molecule has 0 saturated carbocycles. The molecule has 1 aliphatic heterocycles. The molecule has 0 spiro atoms. The summed E-state index contributed by atoms with van der Waals surface area (Å²) in [6.07, 6.45) is 3.44. The number of nitrogens with zero attached hydrogens (tertiary/aromatic N) is 7. The van der Waals surface area contributed by atoms with Gasteiger partial charge in [-0.3, -0.25) is 4.98 Å². The second-order valence-corrected chi connectivity index (χ2v) is 5.39. The van der Waals surface area contributed by atoms with Crippen molar-refractivity contribution in [2.75, 3.05) is 22.7 Å². The molecular formula is C16H15N9. The largest absolute Gasteiger partial charge is 0.323 e. The lowest BCUT2D eigenvalue weighted by atomic mass is 10.3. The summed E-state index contributed by atoms with van der Waals surface area (Å²) in [6, 6.07) is 9.47. The summed E-state index contributed by atoms with van der Waals surface area (Å²) >= 11 is 0. The Morgan fingerprint density at radius 1 is 1.08 bits per heavy atom. The zero-order valence-electron chi connectivity index (χ0n) is 13.7. The van der Waals surface area contributed by atoms with Crippen LogP contribution in [0.3, 0.4) is 0 Å². The Morgan fingerprint density at radius 2 is 1.96 bits per heavy atom. The summed E-state index contributed by atoms with van der Waals surface area (Å²) in [5.41, 5.74) is 5.24. The Hall–Kier alpha value is -3.62. The van der Waals surface area contributed by atoms with E-state index in [-0.39, 0.29) is 0 Å². The van der Waals surface area contributed by atoms with Gasteiger partial charge in [0, 0.05) is 19.4 Å². The molecule has 4 rings (SSSR count). The fraction of sp³-hybridized carbons (Fsp3) is 0.125. The Bertz CT molecular complexity index is 939. The number of hydrogen-bond donors (Lipinski definition) is 2. The van der Waals surface area contributed by atoms with Gasteiger partial charge in [0.1, 0.15) is 0 Å². The smallest absolute Gasteiger partial charge is 0.265 e. The minimum absolute atomic E-state index is 0.301. The molecule has 124 valence electrons. The second kappa shape index (κ2) is 6.11. The molecule has 0 aliphatic carbocycles. The standard InChI is InChI=1S/C16H15N9/c1-10(11-6-3-4-8-17-11)21-23-16-20-15-14(22-24-16)19-13-12(25(15)2)7-5-9-18-13/h3-9H,1-2H3,(H,18,19,22)(H,20,23,24). The molecule has 0 fully saturated rings. The van der Waals surface area contributed by atoms with Crippen molar-refractivity contribution in [3.63, 3.8) is 0 Å². The highest BCUT2D eigenvalue weighted by Gasteiger charge is 2.23. The van der Waals surface area contributed by atoms with Gasteiger partial charge in [-0.15, -0.1) is 10.2 Å². The van der Waals surface area contributed by atoms with Crippen molar-refractivity contribution in [2.24, 2.45) is 5.10 Å². The van der Waals surface area contributed by atoms with E-state index < -0.39 is 0 Å². The van der Waals surface area contributed by atoms with Gasteiger partial charge in [0.2, 0.25) is 0 Å². The molecule has 2 N–H and O–H groups in total. The van der Waals surface area contributed by atoms with Gasteiger partial charge in [-0.1, -0.05) is 6.07 Å². The van der Waals surface area contributed by atoms with Crippen molar-refractivity contribution in [1.82, 2.24) is 25.1 Å². The molecule has 0 unspecified atom stereocenters. The van der Waals surface area contributed by atoms with Crippen molar-refractivity contribution in [2.45, 2.75) is 6.92 Å². The van der Waals surface area contributed by atoms with Crippen LogP contribution in [0.15, 0.2) is 47.8 Å². The van der Waals surface area contributed by atoms with E-state index in [1.54, 1.807) is 12.4 Å². The first-order chi connectivity index (χ1) is 12.2. The predicted octanol–water partition coefficient (Wildman–Crippen LogP) is 2.32. The van der Waals surface area contributed by atoms with Gasteiger partial charge in [-0.05, 0) is 31.2 Å². The van der Waals surface area contributed by atoms with E-state index in [0.29, 0.717) is 17.6 Å². The Morgan fingerprint density at radius 3 is 2.80 bits per heavy atom. The highest BCUT2D eigenvalue weighted by molar-refractivity contribution is 5.97. The molecule has 25 heavy (non-hydrogen) atoms. The van der Waals surface area contributed by atoms with Crippen LogP contribution >= 0.6 is 0 Å². The van der Waals surface area contributed by atoms with E-state index in [1.165, 1.54) is 0 Å². The van der Waals surface area contributed by atoms with E-state index in [2.05, 4.69) is 41.0 Å². The Kier molecular flexibility index (Phi) is 3.65. The molecule has 9 nitrogen and oxygen atoms in total. The van der Waals surface area contributed by atoms with Gasteiger partial charge < -0.3 is 10.2 Å². The molecule has 4 heterocycles. The summed E-state index contributed by atoms with van der Waals surface area (Å²) in [5.74, 6) is 2.21. The second-order valence-electron chi connectivity index (χ2n) is 5.39. The molecule has 3 aromatic rings. The van der Waals surface area contributed by atoms with Gasteiger partial charge >= 0.3 is 0 Å². The van der Waals surface area contributed by atoms with Gasteiger partial charge in [-0.25, -0.2) is 10.4 Å². The van der Waals surface area contributed by atoms with Crippen molar-refractivity contribution >= 4 is 34.8 Å². The maximum absolute atomic E-state index is 4.48. The van der Waals surface area contributed by atoms with E-state index in [9.17, 15) is 0 Å². The number of pyridine rings is 2. The van der Waals surface area contributed by atoms with E-state index in [1.807, 2.05) is 49.2 Å². The predicted molar refractivity (Wildman–Crippen MR) is 95.5 cm³/mol. The highest BCUT2D eigenvalue weighted by atomic mass is 15.4. The molecular weight excluding hydrogens is 318 g/mol. The third kappa shape index (κ3) is 2.82. The monoisotopic (exact) mass is 333 g/mol. The maximum Gasteiger partial charge on any atom is 0.265 e. The molecule has 9 heteroatoms. The third-order valence-corrected chi connectivity index (χ3v) is 3.73. The van der Waals surface area contributed by atoms with Crippen LogP contribution in [0.2, 0.25) is 0 Å². The van der Waals surface area contributed by atoms with Gasteiger partial charge in [0.15, 0.2) is 17.5 Å². The quantitative estimate of drug-likeness (QED) is 0.556. The van der Waals surface area contributed by atoms with E-state index in [0.717, 1.165) is 22.9 Å². The molecule has 3 aromatic heterocycles. The zero-order valence-corrected chi connectivity index (χ0v) is 13.7. The van der Waals surface area contributed by atoms with E-state index in [4.69, 9.17) is 0 Å². The van der Waals surface area contributed by atoms with Crippen molar-refractivity contribution < 1.29 is 0 Å². The molecule has 0 saturated heterocycles. The number of hydrazone groups is 1. The van der Waals surface area contributed by atoms with Crippen LogP contribution in [0.1, 0.15) is 12.6 Å². The first kappa shape index (κ1) is 14.9. The number of nitrogens with one attached hydrogen (secondary N) is 2. The Balaban J connectivity index is 1.59. The summed E-state index contributed by atoms with van der Waals surface area (Å²) < 4.78 is 0. The van der Waals surface area contributed by atoms with E-state index >= 15 is 0 Å². The average molecular weight is 333 g/mol. The van der Waals surface area contributed by atoms with Gasteiger partial charge in [0.25, 0.3) is 5.95 Å². The molecule has 0 aromatic carbocycles. The van der Waals surface area contributed by atoms with Crippen LogP contribution in [0, 0.1) is 0 Å². The maximum atomic E-state index is 4.48. The molecule has 1 aliphatic rings. The summed E-state index contributed by atoms with van der Waals surface area (Å²) in [7, 11) is 1.90. The lowest BCUT2D eigenvalue weighted by Crippen LogP contribution is -2.21. The summed E-state index contributed by atoms with van der Waals surface area (Å²) in [5, 5.41) is 15.6. The molecule has 0 amide bonds. The first-order valence-electron chi connectivity index (χ1n) is 7.64. The van der Waals surface area contributed by atoms with Crippen LogP contribution in [-0.2, 0) is 0 Å². The van der Waals surface area contributed by atoms with Crippen LogP contribution < -0.4 is 15.6 Å². The van der Waals surface area contributed by atoms with Crippen LogP contribution in [0.5, 0.6) is 0 Å². The Labute approximate surface area is 143 Å². The zero-order chi connectivity index (χ0) is 17.2. The number of anilines is 5. The third-order valence-electron chi connectivity index (χ3n) is 3.73. The van der Waals surface area contributed by atoms with Crippen LogP contribution in [0.25, 0.3) is 0 Å². The summed E-state index contributed by atoms with van der Waals surface area (Å²) in [4.78, 5) is 14.9. The van der Waals surface area contributed by atoms with Gasteiger partial charge in [-0.2, -0.15) is 10.1 Å².